The Labute approximate surface area is 150 Å². The predicted octanol–water partition coefficient (Wildman–Crippen LogP) is 2.93. The van der Waals surface area contributed by atoms with Gasteiger partial charge in [0.1, 0.15) is 12.1 Å². The monoisotopic (exact) mass is 343 g/mol. The van der Waals surface area contributed by atoms with Crippen LogP contribution in [0, 0.1) is 0 Å². The van der Waals surface area contributed by atoms with Crippen molar-refractivity contribution >= 4 is 22.8 Å². The van der Waals surface area contributed by atoms with Crippen LogP contribution in [0.1, 0.15) is 16.1 Å². The second kappa shape index (κ2) is 6.68. The number of carbonyl (C=O) groups is 1. The van der Waals surface area contributed by atoms with Crippen molar-refractivity contribution in [3.8, 4) is 5.69 Å². The zero-order chi connectivity index (χ0) is 17.9. The van der Waals surface area contributed by atoms with Gasteiger partial charge in [0.15, 0.2) is 0 Å². The third-order valence-corrected chi connectivity index (χ3v) is 4.12. The lowest BCUT2D eigenvalue weighted by Crippen LogP contribution is -2.23. The summed E-state index contributed by atoms with van der Waals surface area (Å²) >= 11 is 0. The molecule has 0 radical (unpaired) electrons. The largest absolute Gasteiger partial charge is 0.384 e. The highest BCUT2D eigenvalue weighted by Crippen LogP contribution is 2.18. The zero-order valence-electron chi connectivity index (χ0n) is 14.0. The van der Waals surface area contributed by atoms with E-state index in [4.69, 9.17) is 5.73 Å². The summed E-state index contributed by atoms with van der Waals surface area (Å²) in [5, 5.41) is 2.85. The second-order valence-electron chi connectivity index (χ2n) is 5.89. The Balaban J connectivity index is 1.49. The number of hydrogen-bond acceptors (Lipinski definition) is 4. The van der Waals surface area contributed by atoms with Crippen molar-refractivity contribution in [2.45, 2.75) is 6.54 Å². The molecule has 6 heteroatoms. The molecule has 0 aliphatic rings. The quantitative estimate of drug-likeness (QED) is 0.596. The van der Waals surface area contributed by atoms with Crippen LogP contribution in [0.2, 0.25) is 0 Å². The normalized spacial score (nSPS) is 10.8. The first kappa shape index (κ1) is 15.8. The van der Waals surface area contributed by atoms with Gasteiger partial charge in [-0.3, -0.25) is 9.36 Å². The fraction of sp³-hybridized carbons (Fsp3) is 0.0500. The van der Waals surface area contributed by atoms with E-state index in [1.165, 1.54) is 0 Å². The number of nitrogens with two attached hydrogens (primary N) is 1. The fourth-order valence-electron chi connectivity index (χ4n) is 2.81. The SMILES string of the molecule is Nc1cccc(CNC(=O)c2ccc(-n3cnc4ccccc43)cc2)n1. The highest BCUT2D eigenvalue weighted by Gasteiger charge is 2.08. The molecule has 0 atom stereocenters. The molecule has 0 saturated heterocycles. The first-order chi connectivity index (χ1) is 12.7. The van der Waals surface area contributed by atoms with Gasteiger partial charge in [-0.1, -0.05) is 18.2 Å². The van der Waals surface area contributed by atoms with Gasteiger partial charge in [-0.25, -0.2) is 9.97 Å². The third-order valence-electron chi connectivity index (χ3n) is 4.12. The molecule has 0 saturated carbocycles. The number of hydrogen-bond donors (Lipinski definition) is 2. The number of nitrogens with one attached hydrogen (secondary N) is 1. The molecule has 0 bridgehead atoms. The maximum absolute atomic E-state index is 12.3. The number of nitrogens with zero attached hydrogens (tertiary/aromatic N) is 3. The molecule has 0 aliphatic carbocycles. The van der Waals surface area contributed by atoms with Gasteiger partial charge in [-0.15, -0.1) is 0 Å². The molecule has 0 unspecified atom stereocenters. The van der Waals surface area contributed by atoms with Crippen molar-refractivity contribution in [2.24, 2.45) is 0 Å². The Morgan fingerprint density at radius 3 is 2.62 bits per heavy atom. The lowest BCUT2D eigenvalue weighted by Gasteiger charge is -2.08. The number of aromatic nitrogens is 3. The van der Waals surface area contributed by atoms with E-state index in [1.54, 1.807) is 24.5 Å². The Hall–Kier alpha value is -3.67. The Morgan fingerprint density at radius 2 is 1.81 bits per heavy atom. The summed E-state index contributed by atoms with van der Waals surface area (Å²) in [6.45, 7) is 0.331. The highest BCUT2D eigenvalue weighted by molar-refractivity contribution is 5.94. The van der Waals surface area contributed by atoms with Crippen LogP contribution >= 0.6 is 0 Å². The third kappa shape index (κ3) is 3.12. The molecule has 4 aromatic rings. The average Bonchev–Trinajstić information content (AvgIpc) is 3.10. The molecule has 1 amide bonds. The van der Waals surface area contributed by atoms with Gasteiger partial charge in [-0.2, -0.15) is 0 Å². The summed E-state index contributed by atoms with van der Waals surface area (Å²) in [5.41, 5.74) is 9.87. The molecule has 0 spiro atoms. The van der Waals surface area contributed by atoms with Gasteiger partial charge in [0.2, 0.25) is 0 Å². The van der Waals surface area contributed by atoms with Gasteiger partial charge < -0.3 is 11.1 Å². The smallest absolute Gasteiger partial charge is 0.251 e. The molecular formula is C20H17N5O. The maximum atomic E-state index is 12.3. The Kier molecular flexibility index (Phi) is 4.07. The molecule has 2 aromatic heterocycles. The molecular weight excluding hydrogens is 326 g/mol. The number of nitrogen functional groups attached to an aromatic ring is 1. The van der Waals surface area contributed by atoms with Crippen molar-refractivity contribution in [3.63, 3.8) is 0 Å². The number of anilines is 1. The van der Waals surface area contributed by atoms with Crippen LogP contribution in [0.4, 0.5) is 5.82 Å². The Morgan fingerprint density at radius 1 is 1.00 bits per heavy atom. The number of imidazole rings is 1. The molecule has 2 aromatic carbocycles. The number of pyridine rings is 1. The van der Waals surface area contributed by atoms with Crippen molar-refractivity contribution in [3.05, 3.63) is 84.3 Å². The number of fused-ring (bicyclic) bond motifs is 1. The van der Waals surface area contributed by atoms with Gasteiger partial charge in [-0.05, 0) is 48.5 Å². The minimum atomic E-state index is -0.156. The first-order valence-corrected chi connectivity index (χ1v) is 8.23. The molecule has 3 N–H and O–H groups in total. The van der Waals surface area contributed by atoms with Crippen LogP contribution < -0.4 is 11.1 Å². The number of amides is 1. The molecule has 0 aliphatic heterocycles. The van der Waals surface area contributed by atoms with E-state index in [-0.39, 0.29) is 5.91 Å². The minimum absolute atomic E-state index is 0.156. The first-order valence-electron chi connectivity index (χ1n) is 8.23. The lowest BCUT2D eigenvalue weighted by atomic mass is 10.2. The van der Waals surface area contributed by atoms with Crippen molar-refractivity contribution in [1.82, 2.24) is 19.9 Å². The molecule has 6 nitrogen and oxygen atoms in total. The van der Waals surface area contributed by atoms with Crippen molar-refractivity contribution in [1.29, 1.82) is 0 Å². The zero-order valence-corrected chi connectivity index (χ0v) is 14.0. The van der Waals surface area contributed by atoms with Crippen LogP contribution in [0.25, 0.3) is 16.7 Å². The summed E-state index contributed by atoms with van der Waals surface area (Å²) in [6, 6.07) is 20.7. The van der Waals surface area contributed by atoms with Crippen molar-refractivity contribution < 1.29 is 4.79 Å². The standard InChI is InChI=1S/C20H17N5O/c21-19-7-3-4-15(24-19)12-22-20(26)14-8-10-16(11-9-14)25-13-23-17-5-1-2-6-18(17)25/h1-11,13H,12H2,(H2,21,24)(H,22,26). The summed E-state index contributed by atoms with van der Waals surface area (Å²) < 4.78 is 1.99. The highest BCUT2D eigenvalue weighted by atomic mass is 16.1. The fourth-order valence-corrected chi connectivity index (χ4v) is 2.81. The van der Waals surface area contributed by atoms with Gasteiger partial charge >= 0.3 is 0 Å². The number of para-hydroxylation sites is 2. The average molecular weight is 343 g/mol. The number of carbonyl (C=O) groups excluding carboxylic acids is 1. The predicted molar refractivity (Wildman–Crippen MR) is 101 cm³/mol. The summed E-state index contributed by atoms with van der Waals surface area (Å²) in [7, 11) is 0. The molecule has 128 valence electrons. The molecule has 4 rings (SSSR count). The van der Waals surface area contributed by atoms with Crippen LogP contribution in [0.5, 0.6) is 0 Å². The van der Waals surface area contributed by atoms with E-state index in [2.05, 4.69) is 15.3 Å². The summed E-state index contributed by atoms with van der Waals surface area (Å²) in [5.74, 6) is 0.282. The minimum Gasteiger partial charge on any atom is -0.384 e. The topological polar surface area (TPSA) is 85.8 Å². The summed E-state index contributed by atoms with van der Waals surface area (Å²) in [4.78, 5) is 20.9. The lowest BCUT2D eigenvalue weighted by molar-refractivity contribution is 0.0950. The van der Waals surface area contributed by atoms with Crippen LogP contribution in [-0.4, -0.2) is 20.4 Å². The molecule has 2 heterocycles. The van der Waals surface area contributed by atoms with Crippen LogP contribution in [-0.2, 0) is 6.54 Å². The van der Waals surface area contributed by atoms with Crippen LogP contribution in [0.3, 0.4) is 0 Å². The van der Waals surface area contributed by atoms with E-state index in [9.17, 15) is 4.79 Å². The van der Waals surface area contributed by atoms with E-state index in [1.807, 2.05) is 53.1 Å². The van der Waals surface area contributed by atoms with Gasteiger partial charge in [0.05, 0.1) is 23.3 Å². The van der Waals surface area contributed by atoms with E-state index in [0.29, 0.717) is 17.9 Å². The van der Waals surface area contributed by atoms with Gasteiger partial charge in [0, 0.05) is 11.3 Å². The summed E-state index contributed by atoms with van der Waals surface area (Å²) in [6.07, 6.45) is 1.78. The molecule has 26 heavy (non-hydrogen) atoms. The number of rotatable bonds is 4. The van der Waals surface area contributed by atoms with Crippen molar-refractivity contribution in [2.75, 3.05) is 5.73 Å². The van der Waals surface area contributed by atoms with E-state index in [0.717, 1.165) is 22.4 Å². The van der Waals surface area contributed by atoms with E-state index < -0.39 is 0 Å². The maximum Gasteiger partial charge on any atom is 0.251 e. The second-order valence-corrected chi connectivity index (χ2v) is 5.89. The molecule has 0 fully saturated rings. The van der Waals surface area contributed by atoms with E-state index >= 15 is 0 Å². The Bertz CT molecular complexity index is 1070. The number of benzene rings is 2. The van der Waals surface area contributed by atoms with Gasteiger partial charge in [0.25, 0.3) is 5.91 Å². The van der Waals surface area contributed by atoms with Crippen LogP contribution in [0.15, 0.2) is 73.1 Å².